The number of hydrogen-bond donors (Lipinski definition) is 2. The fourth-order valence-electron chi connectivity index (χ4n) is 1.82. The number of guanidine groups is 1. The molecule has 0 saturated heterocycles. The monoisotopic (exact) mass is 412 g/mol. The summed E-state index contributed by atoms with van der Waals surface area (Å²) in [4.78, 5) is 8.37. The number of nitrogens with one attached hydrogen (secondary N) is 2. The summed E-state index contributed by atoms with van der Waals surface area (Å²) < 4.78 is 5.04. The van der Waals surface area contributed by atoms with Crippen molar-refractivity contribution >= 4 is 29.9 Å². The molecule has 22 heavy (non-hydrogen) atoms. The maximum Gasteiger partial charge on any atom is 0.212 e. The molecule has 6 heteroatoms. The Morgan fingerprint density at radius 2 is 1.73 bits per heavy atom. The largest absolute Gasteiger partial charge is 0.481 e. The molecule has 0 amide bonds. The fraction of sp³-hybridized carbons (Fsp3) is 0.250. The second-order valence-corrected chi connectivity index (χ2v) is 4.47. The third-order valence-corrected chi connectivity index (χ3v) is 2.99. The molecule has 0 bridgehead atoms. The number of methoxy groups -OCH3 is 1. The number of aromatic nitrogens is 1. The molecule has 0 spiro atoms. The first-order valence-corrected chi connectivity index (χ1v) is 6.79. The molecule has 0 aliphatic rings. The predicted octanol–water partition coefficient (Wildman–Crippen LogP) is 2.57. The van der Waals surface area contributed by atoms with Crippen molar-refractivity contribution in [3.63, 3.8) is 0 Å². The van der Waals surface area contributed by atoms with Crippen LogP contribution >= 0.6 is 24.0 Å². The first-order chi connectivity index (χ1) is 10.3. The summed E-state index contributed by atoms with van der Waals surface area (Å²) in [6, 6.07) is 14.0. The Kier molecular flexibility index (Phi) is 8.27. The van der Waals surface area contributed by atoms with Gasteiger partial charge in [-0.2, -0.15) is 0 Å². The van der Waals surface area contributed by atoms with Crippen LogP contribution in [0.1, 0.15) is 11.1 Å². The van der Waals surface area contributed by atoms with E-state index in [1.54, 1.807) is 20.4 Å². The molecule has 1 aromatic heterocycles. The predicted molar refractivity (Wildman–Crippen MR) is 99.7 cm³/mol. The average Bonchev–Trinajstić information content (AvgIpc) is 2.56. The van der Waals surface area contributed by atoms with Crippen molar-refractivity contribution in [3.05, 3.63) is 59.8 Å². The van der Waals surface area contributed by atoms with Gasteiger partial charge >= 0.3 is 0 Å². The summed E-state index contributed by atoms with van der Waals surface area (Å²) in [7, 11) is 3.36. The van der Waals surface area contributed by atoms with Gasteiger partial charge in [-0.05, 0) is 11.1 Å². The molecule has 0 aliphatic carbocycles. The van der Waals surface area contributed by atoms with Crippen molar-refractivity contribution in [3.8, 4) is 5.88 Å². The van der Waals surface area contributed by atoms with Crippen molar-refractivity contribution in [1.29, 1.82) is 0 Å². The van der Waals surface area contributed by atoms with Gasteiger partial charge in [0.1, 0.15) is 0 Å². The van der Waals surface area contributed by atoms with E-state index in [0.29, 0.717) is 12.4 Å². The summed E-state index contributed by atoms with van der Waals surface area (Å²) in [6.07, 6.45) is 1.79. The van der Waals surface area contributed by atoms with E-state index in [-0.39, 0.29) is 24.0 Å². The molecule has 2 N–H and O–H groups in total. The molecule has 0 fully saturated rings. The lowest BCUT2D eigenvalue weighted by Crippen LogP contribution is -2.36. The number of pyridine rings is 1. The molecule has 1 aromatic carbocycles. The third-order valence-electron chi connectivity index (χ3n) is 2.99. The van der Waals surface area contributed by atoms with Crippen LogP contribution in [0, 0.1) is 0 Å². The highest BCUT2D eigenvalue weighted by Gasteiger charge is 2.00. The Morgan fingerprint density at radius 1 is 1.05 bits per heavy atom. The zero-order valence-corrected chi connectivity index (χ0v) is 15.1. The van der Waals surface area contributed by atoms with Crippen LogP contribution in [0.15, 0.2) is 53.7 Å². The molecular formula is C16H21IN4O. The van der Waals surface area contributed by atoms with Crippen LogP contribution in [0.4, 0.5) is 0 Å². The molecule has 1 heterocycles. The van der Waals surface area contributed by atoms with Crippen molar-refractivity contribution < 1.29 is 4.74 Å². The Morgan fingerprint density at radius 3 is 2.27 bits per heavy atom. The first-order valence-electron chi connectivity index (χ1n) is 6.79. The second-order valence-electron chi connectivity index (χ2n) is 4.47. The minimum absolute atomic E-state index is 0. The number of rotatable bonds is 5. The van der Waals surface area contributed by atoms with Crippen molar-refractivity contribution in [1.82, 2.24) is 15.6 Å². The molecule has 0 atom stereocenters. The molecule has 5 nitrogen and oxygen atoms in total. The summed E-state index contributed by atoms with van der Waals surface area (Å²) in [5, 5.41) is 6.52. The summed E-state index contributed by atoms with van der Waals surface area (Å²) >= 11 is 0. The Balaban J connectivity index is 0.00000242. The van der Waals surface area contributed by atoms with Gasteiger partial charge < -0.3 is 15.4 Å². The maximum absolute atomic E-state index is 5.04. The minimum Gasteiger partial charge on any atom is -0.481 e. The summed E-state index contributed by atoms with van der Waals surface area (Å²) in [6.45, 7) is 1.40. The molecule has 2 rings (SSSR count). The molecule has 0 unspecified atom stereocenters. The highest BCUT2D eigenvalue weighted by atomic mass is 127. The number of nitrogens with zero attached hydrogens (tertiary/aromatic N) is 2. The quantitative estimate of drug-likeness (QED) is 0.451. The van der Waals surface area contributed by atoms with Crippen molar-refractivity contribution in [2.45, 2.75) is 13.1 Å². The first kappa shape index (κ1) is 18.2. The van der Waals surface area contributed by atoms with Crippen molar-refractivity contribution in [2.24, 2.45) is 4.99 Å². The Hall–Kier alpha value is -1.83. The van der Waals surface area contributed by atoms with Gasteiger partial charge in [0.25, 0.3) is 0 Å². The van der Waals surface area contributed by atoms with Crippen LogP contribution in [-0.2, 0) is 13.1 Å². The van der Waals surface area contributed by atoms with E-state index in [4.69, 9.17) is 4.74 Å². The molecule has 0 radical (unpaired) electrons. The van der Waals surface area contributed by atoms with E-state index in [9.17, 15) is 0 Å². The van der Waals surface area contributed by atoms with Gasteiger partial charge in [-0.15, -0.1) is 24.0 Å². The lowest BCUT2D eigenvalue weighted by Gasteiger charge is -2.12. The Bertz CT molecular complexity index is 572. The van der Waals surface area contributed by atoms with Crippen molar-refractivity contribution in [2.75, 3.05) is 14.2 Å². The van der Waals surface area contributed by atoms with Crippen LogP contribution in [0.25, 0.3) is 0 Å². The van der Waals surface area contributed by atoms with Crippen LogP contribution in [0.5, 0.6) is 5.88 Å². The Labute approximate surface area is 148 Å². The lowest BCUT2D eigenvalue weighted by atomic mass is 10.2. The number of hydrogen-bond acceptors (Lipinski definition) is 3. The zero-order valence-electron chi connectivity index (χ0n) is 12.7. The molecular weight excluding hydrogens is 391 g/mol. The molecule has 0 saturated carbocycles. The van der Waals surface area contributed by atoms with E-state index in [0.717, 1.165) is 18.1 Å². The number of aliphatic imine (C=N–C) groups is 1. The van der Waals surface area contributed by atoms with Gasteiger partial charge in [-0.1, -0.05) is 36.4 Å². The van der Waals surface area contributed by atoms with E-state index in [1.165, 1.54) is 5.56 Å². The van der Waals surface area contributed by atoms with E-state index >= 15 is 0 Å². The molecule has 118 valence electrons. The van der Waals surface area contributed by atoms with Crippen LogP contribution in [0.3, 0.4) is 0 Å². The molecule has 0 aliphatic heterocycles. The van der Waals surface area contributed by atoms with Crippen LogP contribution < -0.4 is 15.4 Å². The number of halogens is 1. The standard InChI is InChI=1S/C16H20N4O.HI/c1-17-16(19-10-13-6-4-3-5-7-13)20-12-14-8-9-15(21-2)18-11-14;/h3-9,11H,10,12H2,1-2H3,(H2,17,19,20);1H. The van der Waals surface area contributed by atoms with Gasteiger partial charge in [0, 0.05) is 32.4 Å². The topological polar surface area (TPSA) is 58.5 Å². The third kappa shape index (κ3) is 5.88. The minimum atomic E-state index is 0. The average molecular weight is 412 g/mol. The second kappa shape index (κ2) is 9.99. The van der Waals surface area contributed by atoms with Gasteiger partial charge in [-0.25, -0.2) is 4.98 Å². The normalized spacial score (nSPS) is 10.5. The number of ether oxygens (including phenoxy) is 1. The van der Waals surface area contributed by atoms with Gasteiger partial charge in [0.2, 0.25) is 5.88 Å². The smallest absolute Gasteiger partial charge is 0.212 e. The van der Waals surface area contributed by atoms with Crippen LogP contribution in [0.2, 0.25) is 0 Å². The molecule has 2 aromatic rings. The highest BCUT2D eigenvalue weighted by Crippen LogP contribution is 2.06. The zero-order chi connectivity index (χ0) is 14.9. The van der Waals surface area contributed by atoms with Gasteiger partial charge in [0.15, 0.2) is 5.96 Å². The number of benzene rings is 1. The van der Waals surface area contributed by atoms with E-state index < -0.39 is 0 Å². The van der Waals surface area contributed by atoms with E-state index in [1.807, 2.05) is 30.3 Å². The lowest BCUT2D eigenvalue weighted by molar-refractivity contribution is 0.397. The fourth-order valence-corrected chi connectivity index (χ4v) is 1.82. The van der Waals surface area contributed by atoms with Gasteiger partial charge in [-0.3, -0.25) is 4.99 Å². The summed E-state index contributed by atoms with van der Waals surface area (Å²) in [5.74, 6) is 1.38. The highest BCUT2D eigenvalue weighted by molar-refractivity contribution is 14.0. The van der Waals surface area contributed by atoms with Gasteiger partial charge in [0.05, 0.1) is 7.11 Å². The van der Waals surface area contributed by atoms with E-state index in [2.05, 4.69) is 32.7 Å². The SMILES string of the molecule is CN=C(NCc1ccccc1)NCc1ccc(OC)nc1.I. The van der Waals surface area contributed by atoms with Crippen LogP contribution in [-0.4, -0.2) is 25.1 Å². The summed E-state index contributed by atoms with van der Waals surface area (Å²) in [5.41, 5.74) is 2.28. The maximum atomic E-state index is 5.04.